The maximum atomic E-state index is 10.2. The zero-order valence-corrected chi connectivity index (χ0v) is 8.14. The Bertz CT molecular complexity index is 369. The predicted molar refractivity (Wildman–Crippen MR) is 57.1 cm³/mol. The number of anilines is 2. The van der Waals surface area contributed by atoms with Crippen molar-refractivity contribution < 1.29 is 0 Å². The van der Waals surface area contributed by atoms with Crippen LogP contribution in [0.4, 0.5) is 11.4 Å². The van der Waals surface area contributed by atoms with E-state index in [1.54, 1.807) is 0 Å². The highest BCUT2D eigenvalue weighted by atomic mass is 16.2. The van der Waals surface area contributed by atoms with Gasteiger partial charge in [0.2, 0.25) is 0 Å². The van der Waals surface area contributed by atoms with Gasteiger partial charge in [-0.1, -0.05) is 12.1 Å². The Morgan fingerprint density at radius 1 is 1.14 bits per heavy atom. The molecule has 1 aliphatic rings. The first-order valence-electron chi connectivity index (χ1n) is 4.35. The molecule has 4 nitrogen and oxygen atoms in total. The summed E-state index contributed by atoms with van der Waals surface area (Å²) in [4.78, 5) is 14.1. The highest BCUT2D eigenvalue weighted by Crippen LogP contribution is 2.38. The van der Waals surface area contributed by atoms with Gasteiger partial charge in [0.05, 0.1) is 11.4 Å². The van der Waals surface area contributed by atoms with Crippen LogP contribution in [0.1, 0.15) is 0 Å². The first-order chi connectivity index (χ1) is 6.75. The minimum atomic E-state index is 0.793. The predicted octanol–water partition coefficient (Wildman–Crippen LogP) is 2.14. The van der Waals surface area contributed by atoms with E-state index < -0.39 is 0 Å². The van der Waals surface area contributed by atoms with Crippen LogP contribution >= 0.6 is 0 Å². The minimum absolute atomic E-state index is 0.793. The lowest BCUT2D eigenvalue weighted by Crippen LogP contribution is -2.21. The third-order valence-corrected chi connectivity index (χ3v) is 2.46. The number of nitrogens with zero attached hydrogens (tertiary/aromatic N) is 3. The lowest BCUT2D eigenvalue weighted by Gasteiger charge is -2.16. The summed E-state index contributed by atoms with van der Waals surface area (Å²) in [6, 6.07) is 7.97. The van der Waals surface area contributed by atoms with Gasteiger partial charge in [-0.05, 0) is 17.3 Å². The van der Waals surface area contributed by atoms with Gasteiger partial charge in [-0.25, -0.2) is 0 Å². The molecule has 1 heterocycles. The molecule has 1 aromatic carbocycles. The van der Waals surface area contributed by atoms with E-state index in [9.17, 15) is 4.91 Å². The molecule has 0 N–H and O–H groups in total. The van der Waals surface area contributed by atoms with Crippen molar-refractivity contribution in [2.24, 2.45) is 5.18 Å². The van der Waals surface area contributed by atoms with E-state index in [2.05, 4.69) is 5.18 Å². The molecule has 0 radical (unpaired) electrons. The van der Waals surface area contributed by atoms with E-state index in [0.717, 1.165) is 17.2 Å². The number of rotatable bonds is 1. The molecule has 0 saturated heterocycles. The topological polar surface area (TPSA) is 35.9 Å². The van der Waals surface area contributed by atoms with Crippen LogP contribution in [0.15, 0.2) is 41.5 Å². The largest absolute Gasteiger partial charge is 0.328 e. The van der Waals surface area contributed by atoms with E-state index >= 15 is 0 Å². The first kappa shape index (κ1) is 8.74. The van der Waals surface area contributed by atoms with E-state index in [4.69, 9.17) is 0 Å². The summed E-state index contributed by atoms with van der Waals surface area (Å²) < 4.78 is 0. The van der Waals surface area contributed by atoms with Crippen molar-refractivity contribution in [1.29, 1.82) is 0 Å². The summed E-state index contributed by atoms with van der Waals surface area (Å²) >= 11 is 0. The lowest BCUT2D eigenvalue weighted by atomic mass is 10.3. The summed E-state index contributed by atoms with van der Waals surface area (Å²) in [6.45, 7) is 0. The van der Waals surface area contributed by atoms with E-state index in [1.165, 1.54) is 6.20 Å². The molecule has 0 aliphatic carbocycles. The number of hydrogen-bond acceptors (Lipinski definition) is 4. The smallest absolute Gasteiger partial charge is 0.135 e. The van der Waals surface area contributed by atoms with Gasteiger partial charge in [0.25, 0.3) is 0 Å². The molecule has 0 fully saturated rings. The van der Waals surface area contributed by atoms with Gasteiger partial charge in [-0.3, -0.25) is 0 Å². The van der Waals surface area contributed by atoms with Crippen LogP contribution in [0.5, 0.6) is 0 Å². The van der Waals surface area contributed by atoms with Crippen LogP contribution < -0.4 is 9.80 Å². The Labute approximate surface area is 82.4 Å². The molecule has 0 unspecified atom stereocenters. The maximum absolute atomic E-state index is 10.2. The first-order valence-corrected chi connectivity index (χ1v) is 4.35. The van der Waals surface area contributed by atoms with Gasteiger partial charge >= 0.3 is 0 Å². The van der Waals surface area contributed by atoms with Crippen molar-refractivity contribution in [1.82, 2.24) is 0 Å². The van der Waals surface area contributed by atoms with Crippen LogP contribution in [0.2, 0.25) is 0 Å². The summed E-state index contributed by atoms with van der Waals surface area (Å²) in [5.41, 5.74) is 2.18. The quantitative estimate of drug-likeness (QED) is 0.635. The van der Waals surface area contributed by atoms with Crippen LogP contribution in [0.25, 0.3) is 0 Å². The molecule has 0 aromatic heterocycles. The Morgan fingerprint density at radius 2 is 1.64 bits per heavy atom. The van der Waals surface area contributed by atoms with Crippen LogP contribution in [-0.2, 0) is 0 Å². The molecule has 0 amide bonds. The lowest BCUT2D eigenvalue weighted by molar-refractivity contribution is 1.03. The van der Waals surface area contributed by atoms with Gasteiger partial charge in [0, 0.05) is 14.1 Å². The monoisotopic (exact) mass is 189 g/mol. The van der Waals surface area contributed by atoms with Gasteiger partial charge in [-0.2, -0.15) is 0 Å². The minimum Gasteiger partial charge on any atom is -0.328 e. The second-order valence-corrected chi connectivity index (χ2v) is 3.20. The Kier molecular flexibility index (Phi) is 1.96. The second kappa shape index (κ2) is 3.14. The summed E-state index contributed by atoms with van der Waals surface area (Å²) in [7, 11) is 3.83. The number of fused-ring (bicyclic) bond motifs is 1. The van der Waals surface area contributed by atoms with Gasteiger partial charge in [0.15, 0.2) is 0 Å². The summed E-state index contributed by atoms with van der Waals surface area (Å²) in [6.07, 6.45) is 1.32. The summed E-state index contributed by atoms with van der Waals surface area (Å²) in [5, 5.41) is 2.81. The SMILES string of the molecule is CN1C(=CN=O)N(C)c2ccccc21. The second-order valence-electron chi connectivity index (χ2n) is 3.20. The van der Waals surface area contributed by atoms with Crippen molar-refractivity contribution in [3.05, 3.63) is 41.2 Å². The Balaban J connectivity index is 2.53. The van der Waals surface area contributed by atoms with Crippen molar-refractivity contribution in [3.8, 4) is 0 Å². The molecule has 14 heavy (non-hydrogen) atoms. The standard InChI is InChI=1S/C10H11N3O/c1-12-8-5-3-4-6-9(8)13(2)10(12)7-11-14/h3-7H,1-2H3. The number of hydrogen-bond donors (Lipinski definition) is 0. The van der Waals surface area contributed by atoms with Crippen molar-refractivity contribution >= 4 is 11.4 Å². The molecular weight excluding hydrogens is 178 g/mol. The van der Waals surface area contributed by atoms with Crippen molar-refractivity contribution in [2.45, 2.75) is 0 Å². The molecule has 0 saturated carbocycles. The molecule has 4 heteroatoms. The van der Waals surface area contributed by atoms with Gasteiger partial charge in [-0.15, -0.1) is 4.91 Å². The van der Waals surface area contributed by atoms with Crippen LogP contribution in [0.3, 0.4) is 0 Å². The number of para-hydroxylation sites is 2. The number of nitroso groups, excluding NO2 is 1. The molecule has 2 rings (SSSR count). The fourth-order valence-corrected chi connectivity index (χ4v) is 1.72. The average molecular weight is 189 g/mol. The zero-order valence-electron chi connectivity index (χ0n) is 8.14. The molecule has 1 aliphatic heterocycles. The molecule has 0 spiro atoms. The van der Waals surface area contributed by atoms with Crippen molar-refractivity contribution in [2.75, 3.05) is 23.9 Å². The Morgan fingerprint density at radius 3 is 2.07 bits per heavy atom. The number of benzene rings is 1. The third kappa shape index (κ3) is 1.08. The van der Waals surface area contributed by atoms with Crippen molar-refractivity contribution in [3.63, 3.8) is 0 Å². The van der Waals surface area contributed by atoms with Gasteiger partial charge in [0.1, 0.15) is 12.0 Å². The molecule has 0 atom stereocenters. The van der Waals surface area contributed by atoms with Crippen LogP contribution in [-0.4, -0.2) is 14.1 Å². The highest BCUT2D eigenvalue weighted by molar-refractivity contribution is 5.81. The molecule has 72 valence electrons. The third-order valence-electron chi connectivity index (χ3n) is 2.46. The normalized spacial score (nSPS) is 14.3. The van der Waals surface area contributed by atoms with Crippen LogP contribution in [0, 0.1) is 4.91 Å². The Hall–Kier alpha value is -1.84. The van der Waals surface area contributed by atoms with Gasteiger partial charge < -0.3 is 9.80 Å². The van der Waals surface area contributed by atoms with E-state index in [0.29, 0.717) is 0 Å². The fourth-order valence-electron chi connectivity index (χ4n) is 1.72. The van der Waals surface area contributed by atoms with E-state index in [-0.39, 0.29) is 0 Å². The zero-order chi connectivity index (χ0) is 10.1. The molecule has 1 aromatic rings. The highest BCUT2D eigenvalue weighted by Gasteiger charge is 2.25. The fraction of sp³-hybridized carbons (Fsp3) is 0.200. The molecular formula is C10H11N3O. The summed E-state index contributed by atoms with van der Waals surface area (Å²) in [5.74, 6) is 0.793. The molecule has 0 bridgehead atoms. The maximum Gasteiger partial charge on any atom is 0.135 e. The van der Waals surface area contributed by atoms with E-state index in [1.807, 2.05) is 48.2 Å². The average Bonchev–Trinajstić information content (AvgIpc) is 2.45.